The zero-order valence-corrected chi connectivity index (χ0v) is 15.6. The van der Waals surface area contributed by atoms with E-state index in [0.29, 0.717) is 17.4 Å². The summed E-state index contributed by atoms with van der Waals surface area (Å²) in [5.74, 6) is 0.0853. The predicted octanol–water partition coefficient (Wildman–Crippen LogP) is 4.39. The number of hydrogen-bond donors (Lipinski definition) is 1. The van der Waals surface area contributed by atoms with Crippen LogP contribution >= 0.6 is 11.8 Å². The average Bonchev–Trinajstić information content (AvgIpc) is 3.05. The van der Waals surface area contributed by atoms with E-state index in [2.05, 4.69) is 22.1 Å². The standard InChI is InChI=1S/C20H19FN4OS/c1-3-12-25-18(15-8-5-4-6-9-15)23-24-20(25)27-14(2)19(26)22-17-11-7-10-16(21)13-17/h3-11,13-14H,1,12H2,2H3,(H,22,26)/t14-/m1/s1. The van der Waals surface area contributed by atoms with E-state index >= 15 is 0 Å². The van der Waals surface area contributed by atoms with Gasteiger partial charge < -0.3 is 5.32 Å². The SMILES string of the molecule is C=CCn1c(S[C@H](C)C(=O)Nc2cccc(F)c2)nnc1-c1ccccc1. The number of hydrogen-bond acceptors (Lipinski definition) is 4. The topological polar surface area (TPSA) is 59.8 Å². The van der Waals surface area contributed by atoms with E-state index in [-0.39, 0.29) is 5.91 Å². The Morgan fingerprint density at radius 3 is 2.74 bits per heavy atom. The number of nitrogens with zero attached hydrogens (tertiary/aromatic N) is 3. The third kappa shape index (κ3) is 4.62. The molecule has 0 unspecified atom stereocenters. The van der Waals surface area contributed by atoms with Crippen molar-refractivity contribution in [3.8, 4) is 11.4 Å². The van der Waals surface area contributed by atoms with Gasteiger partial charge in [0.25, 0.3) is 0 Å². The van der Waals surface area contributed by atoms with Gasteiger partial charge in [0.1, 0.15) is 5.82 Å². The minimum atomic E-state index is -0.440. The van der Waals surface area contributed by atoms with Gasteiger partial charge in [-0.1, -0.05) is 54.2 Å². The van der Waals surface area contributed by atoms with Crippen molar-refractivity contribution in [2.75, 3.05) is 5.32 Å². The van der Waals surface area contributed by atoms with Crippen molar-refractivity contribution in [1.29, 1.82) is 0 Å². The molecule has 0 saturated heterocycles. The number of aromatic nitrogens is 3. The molecular weight excluding hydrogens is 363 g/mol. The fourth-order valence-corrected chi connectivity index (χ4v) is 3.35. The Hall–Kier alpha value is -2.93. The molecule has 7 heteroatoms. The third-order valence-corrected chi connectivity index (χ3v) is 4.88. The molecule has 0 aliphatic carbocycles. The average molecular weight is 382 g/mol. The highest BCUT2D eigenvalue weighted by atomic mass is 32.2. The van der Waals surface area contributed by atoms with Gasteiger partial charge in [-0.3, -0.25) is 9.36 Å². The molecule has 1 aromatic heterocycles. The second-order valence-corrected chi connectivity index (χ2v) is 7.14. The summed E-state index contributed by atoms with van der Waals surface area (Å²) in [7, 11) is 0. The van der Waals surface area contributed by atoms with E-state index < -0.39 is 11.1 Å². The highest BCUT2D eigenvalue weighted by molar-refractivity contribution is 8.00. The number of halogens is 1. The van der Waals surface area contributed by atoms with Gasteiger partial charge in [0.2, 0.25) is 5.91 Å². The molecule has 1 amide bonds. The van der Waals surface area contributed by atoms with Gasteiger partial charge in [0.05, 0.1) is 5.25 Å². The molecule has 0 aliphatic rings. The number of nitrogens with one attached hydrogen (secondary N) is 1. The van der Waals surface area contributed by atoms with Crippen molar-refractivity contribution in [3.63, 3.8) is 0 Å². The number of thioether (sulfide) groups is 1. The van der Waals surface area contributed by atoms with Crippen LogP contribution in [0.15, 0.2) is 72.4 Å². The van der Waals surface area contributed by atoms with Gasteiger partial charge in [-0.15, -0.1) is 16.8 Å². The summed E-state index contributed by atoms with van der Waals surface area (Å²) >= 11 is 1.29. The number of allylic oxidation sites excluding steroid dienone is 1. The molecule has 138 valence electrons. The van der Waals surface area contributed by atoms with Crippen molar-refractivity contribution in [2.45, 2.75) is 23.9 Å². The molecule has 0 fully saturated rings. The summed E-state index contributed by atoms with van der Waals surface area (Å²) in [5.41, 5.74) is 1.36. The molecule has 5 nitrogen and oxygen atoms in total. The maximum absolute atomic E-state index is 13.3. The van der Waals surface area contributed by atoms with Crippen LogP contribution in [0.1, 0.15) is 6.92 Å². The van der Waals surface area contributed by atoms with Crippen LogP contribution < -0.4 is 5.32 Å². The first-order valence-electron chi connectivity index (χ1n) is 8.41. The van der Waals surface area contributed by atoms with Crippen molar-refractivity contribution in [3.05, 3.63) is 73.1 Å². The van der Waals surface area contributed by atoms with Gasteiger partial charge in [0.15, 0.2) is 11.0 Å². The highest BCUT2D eigenvalue weighted by Gasteiger charge is 2.20. The number of anilines is 1. The zero-order valence-electron chi connectivity index (χ0n) is 14.8. The van der Waals surface area contributed by atoms with Crippen molar-refractivity contribution < 1.29 is 9.18 Å². The minimum absolute atomic E-state index is 0.236. The number of amides is 1. The minimum Gasteiger partial charge on any atom is -0.325 e. The molecule has 3 rings (SSSR count). The summed E-state index contributed by atoms with van der Waals surface area (Å²) in [6.45, 7) is 6.09. The first kappa shape index (κ1) is 18.8. The molecular formula is C20H19FN4OS. The quantitative estimate of drug-likeness (QED) is 0.486. The lowest BCUT2D eigenvalue weighted by molar-refractivity contribution is -0.115. The highest BCUT2D eigenvalue weighted by Crippen LogP contribution is 2.27. The Morgan fingerprint density at radius 1 is 1.26 bits per heavy atom. The Morgan fingerprint density at radius 2 is 2.04 bits per heavy atom. The fraction of sp³-hybridized carbons (Fsp3) is 0.150. The molecule has 0 radical (unpaired) electrons. The van der Waals surface area contributed by atoms with E-state index in [4.69, 9.17) is 0 Å². The second-order valence-electron chi connectivity index (χ2n) is 5.83. The molecule has 0 bridgehead atoms. The van der Waals surface area contributed by atoms with Crippen LogP contribution in [0.5, 0.6) is 0 Å². The van der Waals surface area contributed by atoms with Gasteiger partial charge >= 0.3 is 0 Å². The summed E-state index contributed by atoms with van der Waals surface area (Å²) in [6.07, 6.45) is 1.76. The molecule has 1 heterocycles. The lowest BCUT2D eigenvalue weighted by Crippen LogP contribution is -2.23. The predicted molar refractivity (Wildman–Crippen MR) is 106 cm³/mol. The van der Waals surface area contributed by atoms with Crippen LogP contribution in [0.3, 0.4) is 0 Å². The Bertz CT molecular complexity index is 942. The van der Waals surface area contributed by atoms with Gasteiger partial charge in [0, 0.05) is 17.8 Å². The molecule has 0 aliphatic heterocycles. The van der Waals surface area contributed by atoms with Crippen LogP contribution in [0.2, 0.25) is 0 Å². The van der Waals surface area contributed by atoms with Crippen LogP contribution in [-0.4, -0.2) is 25.9 Å². The van der Waals surface area contributed by atoms with Gasteiger partial charge in [-0.2, -0.15) is 0 Å². The molecule has 0 spiro atoms. The van der Waals surface area contributed by atoms with Crippen molar-refractivity contribution >= 4 is 23.4 Å². The largest absolute Gasteiger partial charge is 0.325 e. The summed E-state index contributed by atoms with van der Waals surface area (Å²) in [4.78, 5) is 12.4. The summed E-state index contributed by atoms with van der Waals surface area (Å²) < 4.78 is 15.2. The van der Waals surface area contributed by atoms with Crippen LogP contribution in [0.4, 0.5) is 10.1 Å². The van der Waals surface area contributed by atoms with Crippen LogP contribution in [0.25, 0.3) is 11.4 Å². The normalized spacial score (nSPS) is 11.8. The van der Waals surface area contributed by atoms with Crippen LogP contribution in [0, 0.1) is 5.82 Å². The lowest BCUT2D eigenvalue weighted by atomic mass is 10.2. The number of carbonyl (C=O) groups excluding carboxylic acids is 1. The van der Waals surface area contributed by atoms with E-state index in [1.54, 1.807) is 25.1 Å². The number of benzene rings is 2. The number of rotatable bonds is 7. The Kier molecular flexibility index (Phi) is 6.03. The van der Waals surface area contributed by atoms with E-state index in [1.165, 1.54) is 23.9 Å². The van der Waals surface area contributed by atoms with Crippen molar-refractivity contribution in [1.82, 2.24) is 14.8 Å². The summed E-state index contributed by atoms with van der Waals surface area (Å²) in [6, 6.07) is 15.5. The van der Waals surface area contributed by atoms with Crippen molar-refractivity contribution in [2.24, 2.45) is 0 Å². The summed E-state index contributed by atoms with van der Waals surface area (Å²) in [5, 5.41) is 11.4. The van der Waals surface area contributed by atoms with Crippen LogP contribution in [-0.2, 0) is 11.3 Å². The maximum Gasteiger partial charge on any atom is 0.237 e. The monoisotopic (exact) mass is 382 g/mol. The molecule has 1 atom stereocenters. The van der Waals surface area contributed by atoms with E-state index in [1.807, 2.05) is 34.9 Å². The van der Waals surface area contributed by atoms with Gasteiger partial charge in [-0.05, 0) is 25.1 Å². The Labute approximate surface area is 161 Å². The third-order valence-electron chi connectivity index (χ3n) is 3.80. The first-order chi connectivity index (χ1) is 13.1. The molecule has 27 heavy (non-hydrogen) atoms. The first-order valence-corrected chi connectivity index (χ1v) is 9.29. The van der Waals surface area contributed by atoms with E-state index in [9.17, 15) is 9.18 Å². The molecule has 3 aromatic rings. The van der Waals surface area contributed by atoms with E-state index in [0.717, 1.165) is 11.4 Å². The smallest absolute Gasteiger partial charge is 0.237 e. The second kappa shape index (κ2) is 8.64. The fourth-order valence-electron chi connectivity index (χ4n) is 2.49. The Balaban J connectivity index is 1.77. The number of carbonyl (C=O) groups is 1. The van der Waals surface area contributed by atoms with Gasteiger partial charge in [-0.25, -0.2) is 4.39 Å². The molecule has 2 aromatic carbocycles. The maximum atomic E-state index is 13.3. The zero-order chi connectivity index (χ0) is 19.2. The lowest BCUT2D eigenvalue weighted by Gasteiger charge is -2.13. The molecule has 1 N–H and O–H groups in total. The molecule has 0 saturated carbocycles.